The maximum absolute atomic E-state index is 13.6. The number of carbonyl (C=O) groups excluding carboxylic acids is 1. The number of aromatic nitrogens is 2. The SMILES string of the molecule is CCC(C)c1nc(N2CCN(C(=O)c3cccc(F)c3)CC2)c2c3c(sc2n1)CC(C)CC3. The van der Waals surface area contributed by atoms with Crippen molar-refractivity contribution < 1.29 is 9.18 Å². The van der Waals surface area contributed by atoms with Crippen molar-refractivity contribution in [1.82, 2.24) is 14.9 Å². The van der Waals surface area contributed by atoms with E-state index in [-0.39, 0.29) is 11.7 Å². The molecular weight excluding hydrogens is 435 g/mol. The maximum atomic E-state index is 13.6. The number of benzene rings is 1. The van der Waals surface area contributed by atoms with Crippen LogP contribution in [0.4, 0.5) is 10.2 Å². The van der Waals surface area contributed by atoms with Gasteiger partial charge < -0.3 is 9.80 Å². The van der Waals surface area contributed by atoms with E-state index >= 15 is 0 Å². The van der Waals surface area contributed by atoms with E-state index in [2.05, 4.69) is 25.7 Å². The van der Waals surface area contributed by atoms with Crippen molar-refractivity contribution in [2.24, 2.45) is 5.92 Å². The predicted octanol–water partition coefficient (Wildman–Crippen LogP) is 5.43. The normalized spacial score (nSPS) is 19.6. The minimum atomic E-state index is -0.378. The Balaban J connectivity index is 1.45. The van der Waals surface area contributed by atoms with E-state index < -0.39 is 0 Å². The van der Waals surface area contributed by atoms with E-state index in [0.29, 0.717) is 43.6 Å². The number of fused-ring (bicyclic) bond motifs is 3. The first-order chi connectivity index (χ1) is 15.9. The summed E-state index contributed by atoms with van der Waals surface area (Å²) >= 11 is 1.85. The third kappa shape index (κ3) is 4.23. The molecule has 5 rings (SSSR count). The molecule has 2 aliphatic rings. The van der Waals surface area contributed by atoms with Gasteiger partial charge in [-0.1, -0.05) is 26.8 Å². The van der Waals surface area contributed by atoms with Gasteiger partial charge in [-0.2, -0.15) is 0 Å². The van der Waals surface area contributed by atoms with Gasteiger partial charge in [0.25, 0.3) is 5.91 Å². The van der Waals surface area contributed by atoms with E-state index in [4.69, 9.17) is 9.97 Å². The number of nitrogens with zero attached hydrogens (tertiary/aromatic N) is 4. The first-order valence-electron chi connectivity index (χ1n) is 12.1. The molecule has 2 unspecified atom stereocenters. The van der Waals surface area contributed by atoms with Crippen LogP contribution in [0.5, 0.6) is 0 Å². The Morgan fingerprint density at radius 2 is 2.03 bits per heavy atom. The summed E-state index contributed by atoms with van der Waals surface area (Å²) in [6, 6.07) is 5.96. The van der Waals surface area contributed by atoms with Crippen LogP contribution in [-0.4, -0.2) is 47.0 Å². The summed E-state index contributed by atoms with van der Waals surface area (Å²) in [5.74, 6) is 2.50. The Kier molecular flexibility index (Phi) is 6.08. The van der Waals surface area contributed by atoms with Gasteiger partial charge in [0.1, 0.15) is 22.3 Å². The van der Waals surface area contributed by atoms with Crippen molar-refractivity contribution in [2.75, 3.05) is 31.1 Å². The van der Waals surface area contributed by atoms with Gasteiger partial charge in [0, 0.05) is 42.5 Å². The van der Waals surface area contributed by atoms with Gasteiger partial charge in [0.2, 0.25) is 0 Å². The average molecular weight is 467 g/mol. The first kappa shape index (κ1) is 22.3. The van der Waals surface area contributed by atoms with E-state index in [9.17, 15) is 9.18 Å². The molecule has 1 aliphatic carbocycles. The molecule has 3 aromatic rings. The summed E-state index contributed by atoms with van der Waals surface area (Å²) in [6.07, 6.45) is 4.43. The lowest BCUT2D eigenvalue weighted by Crippen LogP contribution is -2.49. The highest BCUT2D eigenvalue weighted by Gasteiger charge is 2.29. The second-order valence-corrected chi connectivity index (χ2v) is 10.6. The Labute approximate surface area is 198 Å². The monoisotopic (exact) mass is 466 g/mol. The van der Waals surface area contributed by atoms with Gasteiger partial charge >= 0.3 is 0 Å². The largest absolute Gasteiger partial charge is 0.352 e. The van der Waals surface area contributed by atoms with Crippen LogP contribution in [0.2, 0.25) is 0 Å². The van der Waals surface area contributed by atoms with Crippen molar-refractivity contribution in [1.29, 1.82) is 0 Å². The van der Waals surface area contributed by atoms with Crippen LogP contribution in [0.3, 0.4) is 0 Å². The zero-order valence-corrected chi connectivity index (χ0v) is 20.4. The second kappa shape index (κ2) is 9.01. The number of carbonyl (C=O) groups is 1. The summed E-state index contributed by atoms with van der Waals surface area (Å²) in [5, 5.41) is 1.24. The number of anilines is 1. The number of aryl methyl sites for hydroxylation is 1. The quantitative estimate of drug-likeness (QED) is 0.514. The molecule has 3 heterocycles. The number of hydrogen-bond acceptors (Lipinski definition) is 5. The molecule has 1 fully saturated rings. The van der Waals surface area contributed by atoms with Crippen molar-refractivity contribution in [3.05, 3.63) is 51.9 Å². The van der Waals surface area contributed by atoms with Crippen LogP contribution < -0.4 is 4.90 Å². The summed E-state index contributed by atoms with van der Waals surface area (Å²) < 4.78 is 13.6. The summed E-state index contributed by atoms with van der Waals surface area (Å²) in [5.41, 5.74) is 1.85. The Hall–Kier alpha value is -2.54. The number of hydrogen-bond donors (Lipinski definition) is 0. The lowest BCUT2D eigenvalue weighted by molar-refractivity contribution is 0.0746. The fraction of sp³-hybridized carbons (Fsp3) is 0.500. The molecule has 0 spiro atoms. The van der Waals surface area contributed by atoms with E-state index in [1.807, 2.05) is 16.2 Å². The van der Waals surface area contributed by atoms with E-state index in [0.717, 1.165) is 35.7 Å². The van der Waals surface area contributed by atoms with Gasteiger partial charge in [0.15, 0.2) is 0 Å². The lowest BCUT2D eigenvalue weighted by Gasteiger charge is -2.36. The molecule has 1 amide bonds. The third-order valence-electron chi connectivity index (χ3n) is 7.14. The molecule has 2 atom stereocenters. The molecule has 33 heavy (non-hydrogen) atoms. The van der Waals surface area contributed by atoms with Crippen LogP contribution >= 0.6 is 11.3 Å². The number of halogens is 1. The van der Waals surface area contributed by atoms with Crippen LogP contribution in [0, 0.1) is 11.7 Å². The summed E-state index contributed by atoms with van der Waals surface area (Å²) in [4.78, 5) is 29.7. The Morgan fingerprint density at radius 1 is 1.24 bits per heavy atom. The number of thiophene rings is 1. The molecule has 1 aromatic carbocycles. The lowest BCUT2D eigenvalue weighted by atomic mass is 9.89. The van der Waals surface area contributed by atoms with Crippen LogP contribution in [0.15, 0.2) is 24.3 Å². The summed E-state index contributed by atoms with van der Waals surface area (Å²) in [6.45, 7) is 9.33. The van der Waals surface area contributed by atoms with Gasteiger partial charge in [-0.05, 0) is 55.4 Å². The smallest absolute Gasteiger partial charge is 0.254 e. The number of amides is 1. The van der Waals surface area contributed by atoms with Gasteiger partial charge in [-0.25, -0.2) is 14.4 Å². The van der Waals surface area contributed by atoms with Crippen LogP contribution in [0.1, 0.15) is 66.2 Å². The molecule has 2 aromatic heterocycles. The zero-order chi connectivity index (χ0) is 23.1. The van der Waals surface area contributed by atoms with Crippen molar-refractivity contribution in [2.45, 2.75) is 52.4 Å². The van der Waals surface area contributed by atoms with E-state index in [1.54, 1.807) is 12.1 Å². The van der Waals surface area contributed by atoms with Crippen LogP contribution in [0.25, 0.3) is 10.2 Å². The van der Waals surface area contributed by atoms with Crippen molar-refractivity contribution in [3.63, 3.8) is 0 Å². The van der Waals surface area contributed by atoms with Crippen molar-refractivity contribution in [3.8, 4) is 0 Å². The minimum Gasteiger partial charge on any atom is -0.352 e. The molecule has 5 nitrogen and oxygen atoms in total. The molecule has 0 saturated carbocycles. The maximum Gasteiger partial charge on any atom is 0.254 e. The Morgan fingerprint density at radius 3 is 2.76 bits per heavy atom. The molecule has 0 bridgehead atoms. The average Bonchev–Trinajstić information content (AvgIpc) is 3.20. The van der Waals surface area contributed by atoms with Crippen LogP contribution in [-0.2, 0) is 12.8 Å². The highest BCUT2D eigenvalue weighted by Crippen LogP contribution is 2.42. The number of rotatable bonds is 4. The molecular formula is C26H31FN4OS. The summed E-state index contributed by atoms with van der Waals surface area (Å²) in [7, 11) is 0. The fourth-order valence-corrected chi connectivity index (χ4v) is 6.28. The van der Waals surface area contributed by atoms with Gasteiger partial charge in [-0.3, -0.25) is 4.79 Å². The second-order valence-electron chi connectivity index (χ2n) is 9.54. The van der Waals surface area contributed by atoms with Gasteiger partial charge in [0.05, 0.1) is 5.39 Å². The van der Waals surface area contributed by atoms with E-state index in [1.165, 1.54) is 34.4 Å². The number of piperazine rings is 1. The molecule has 1 aliphatic heterocycles. The fourth-order valence-electron chi connectivity index (χ4n) is 4.90. The molecule has 0 N–H and O–H groups in total. The highest BCUT2D eigenvalue weighted by atomic mass is 32.1. The highest BCUT2D eigenvalue weighted by molar-refractivity contribution is 7.19. The minimum absolute atomic E-state index is 0.107. The van der Waals surface area contributed by atoms with Gasteiger partial charge in [-0.15, -0.1) is 11.3 Å². The molecule has 1 saturated heterocycles. The molecule has 174 valence electrons. The third-order valence-corrected chi connectivity index (χ3v) is 8.29. The topological polar surface area (TPSA) is 49.3 Å². The zero-order valence-electron chi connectivity index (χ0n) is 19.6. The van der Waals surface area contributed by atoms with Crippen molar-refractivity contribution >= 4 is 33.3 Å². The molecule has 7 heteroatoms. The Bertz CT molecular complexity index is 1180. The predicted molar refractivity (Wildman–Crippen MR) is 132 cm³/mol. The molecule has 0 radical (unpaired) electrons. The first-order valence-corrected chi connectivity index (χ1v) is 12.9. The standard InChI is InChI=1S/C26H31FN4OS/c1-4-17(3)23-28-24(22-20-9-8-16(2)14-21(20)33-25(22)29-23)30-10-12-31(13-11-30)26(32)18-6-5-7-19(27)15-18/h5-7,15-17H,4,8-14H2,1-3H3.